The second kappa shape index (κ2) is 7.46. The van der Waals surface area contributed by atoms with E-state index in [0.717, 1.165) is 0 Å². The zero-order valence-electron chi connectivity index (χ0n) is 21.0. The summed E-state index contributed by atoms with van der Waals surface area (Å²) in [7, 11) is 0. The molecule has 5 rings (SSSR count). The molecular formula is C25H16ClN3. The molecular weight excluding hydrogens is 378 g/mol. The van der Waals surface area contributed by atoms with Crippen LogP contribution in [0.4, 0.5) is 0 Å². The third-order valence-corrected chi connectivity index (χ3v) is 4.53. The van der Waals surface area contributed by atoms with E-state index in [1.54, 1.807) is 42.5 Å². The fourth-order valence-electron chi connectivity index (χ4n) is 3.02. The number of halogens is 1. The summed E-state index contributed by atoms with van der Waals surface area (Å²) in [5.41, 5.74) is 1.36. The van der Waals surface area contributed by atoms with E-state index in [9.17, 15) is 0 Å². The summed E-state index contributed by atoms with van der Waals surface area (Å²) in [6, 6.07) is 15.9. The Morgan fingerprint density at radius 2 is 1.31 bits per heavy atom. The van der Waals surface area contributed by atoms with Crippen molar-refractivity contribution in [3.8, 4) is 33.9 Å². The van der Waals surface area contributed by atoms with Crippen molar-refractivity contribution >= 4 is 22.4 Å². The minimum atomic E-state index is -0.369. The number of rotatable bonds is 3. The number of fused-ring (bicyclic) bond motifs is 1. The van der Waals surface area contributed by atoms with Gasteiger partial charge in [-0.1, -0.05) is 90.9 Å². The molecule has 0 aliphatic heterocycles. The third-order valence-electron chi connectivity index (χ3n) is 4.36. The van der Waals surface area contributed by atoms with Gasteiger partial charge in [0.25, 0.3) is 0 Å². The Labute approximate surface area is 182 Å². The normalized spacial score (nSPS) is 13.8. The minimum absolute atomic E-state index is 0.0151. The number of benzene rings is 4. The van der Waals surface area contributed by atoms with Gasteiger partial charge in [-0.05, 0) is 39.5 Å². The lowest BCUT2D eigenvalue weighted by atomic mass is 9.97. The summed E-state index contributed by atoms with van der Waals surface area (Å²) in [5, 5.41) is -0.0546. The first kappa shape index (κ1) is 12.1. The van der Waals surface area contributed by atoms with Gasteiger partial charge in [0.15, 0.2) is 11.6 Å². The van der Waals surface area contributed by atoms with Crippen LogP contribution in [0.1, 0.15) is 8.22 Å². The van der Waals surface area contributed by atoms with Crippen molar-refractivity contribution in [2.45, 2.75) is 0 Å². The molecule has 0 aliphatic rings. The van der Waals surface area contributed by atoms with E-state index in [2.05, 4.69) is 15.0 Å². The van der Waals surface area contributed by atoms with E-state index < -0.39 is 0 Å². The number of hydrogen-bond donors (Lipinski definition) is 0. The van der Waals surface area contributed by atoms with Crippen molar-refractivity contribution in [3.63, 3.8) is 0 Å². The fraction of sp³-hybridized carbons (Fsp3) is 0. The first-order valence-electron chi connectivity index (χ1n) is 11.9. The molecule has 0 saturated heterocycles. The molecule has 5 aromatic rings. The predicted molar refractivity (Wildman–Crippen MR) is 119 cm³/mol. The van der Waals surface area contributed by atoms with Crippen LogP contribution in [0.15, 0.2) is 96.9 Å². The molecule has 0 saturated carbocycles. The molecule has 138 valence electrons. The lowest BCUT2D eigenvalue weighted by molar-refractivity contribution is 1.07. The Morgan fingerprint density at radius 1 is 0.655 bits per heavy atom. The van der Waals surface area contributed by atoms with Gasteiger partial charge >= 0.3 is 0 Å². The largest absolute Gasteiger partial charge is 0.226 e. The van der Waals surface area contributed by atoms with E-state index in [4.69, 9.17) is 19.8 Å². The summed E-state index contributed by atoms with van der Waals surface area (Å²) in [6.45, 7) is 0. The maximum Gasteiger partial charge on any atom is 0.226 e. The molecule has 4 aromatic carbocycles. The highest BCUT2D eigenvalue weighted by molar-refractivity contribution is 6.28. The summed E-state index contributed by atoms with van der Waals surface area (Å²) >= 11 is 6.17. The SMILES string of the molecule is [2H]c1c([2H])c(-c2ccccc2)c2c([2H])c([2H])c(-c3nc(Cl)nc(-c4ccccc4)n3)c([2H])c2c1[2H]. The lowest BCUT2D eigenvalue weighted by Crippen LogP contribution is -1.97. The van der Waals surface area contributed by atoms with Crippen molar-refractivity contribution < 1.29 is 8.22 Å². The van der Waals surface area contributed by atoms with Gasteiger partial charge in [0.05, 0.1) is 8.22 Å². The topological polar surface area (TPSA) is 38.7 Å². The quantitative estimate of drug-likeness (QED) is 0.339. The molecule has 1 heterocycles. The maximum atomic E-state index is 8.92. The lowest BCUT2D eigenvalue weighted by Gasteiger charge is -2.09. The molecule has 4 heteroatoms. The maximum absolute atomic E-state index is 8.92. The van der Waals surface area contributed by atoms with Gasteiger partial charge in [-0.25, -0.2) is 4.98 Å². The average Bonchev–Trinajstić information content (AvgIpc) is 2.86. The molecule has 0 aliphatic carbocycles. The van der Waals surface area contributed by atoms with E-state index in [1.165, 1.54) is 0 Å². The standard InChI is InChI=1S/C25H16ClN3/c26-25-28-23(18-10-5-2-6-11-18)27-24(29-25)20-14-15-22-19(16-20)12-7-13-21(22)17-8-3-1-4-9-17/h1-16H/i7D,12D,13D,14D,15D,16D. The smallest absolute Gasteiger partial charge is 0.208 e. The van der Waals surface area contributed by atoms with Crippen molar-refractivity contribution in [2.24, 2.45) is 0 Å². The van der Waals surface area contributed by atoms with Crippen LogP contribution in [0.5, 0.6) is 0 Å². The number of aromatic nitrogens is 3. The minimum Gasteiger partial charge on any atom is -0.208 e. The van der Waals surface area contributed by atoms with Crippen molar-refractivity contribution in [1.29, 1.82) is 0 Å². The fourth-order valence-corrected chi connectivity index (χ4v) is 3.18. The van der Waals surface area contributed by atoms with Gasteiger partial charge in [-0.3, -0.25) is 0 Å². The van der Waals surface area contributed by atoms with Crippen LogP contribution in [-0.4, -0.2) is 15.0 Å². The van der Waals surface area contributed by atoms with Crippen molar-refractivity contribution in [3.05, 3.63) is 102 Å². The molecule has 29 heavy (non-hydrogen) atoms. The Hall–Kier alpha value is -3.56. The van der Waals surface area contributed by atoms with Crippen LogP contribution >= 0.6 is 11.6 Å². The Balaban J connectivity index is 1.88. The number of nitrogens with zero attached hydrogens (tertiary/aromatic N) is 3. The van der Waals surface area contributed by atoms with Crippen LogP contribution in [0.25, 0.3) is 44.7 Å². The first-order chi connectivity index (χ1) is 16.8. The zero-order valence-corrected chi connectivity index (χ0v) is 15.7. The summed E-state index contributed by atoms with van der Waals surface area (Å²) < 4.78 is 51.8. The van der Waals surface area contributed by atoms with Gasteiger partial charge in [-0.15, -0.1) is 0 Å². The molecule has 1 aromatic heterocycles. The summed E-state index contributed by atoms with van der Waals surface area (Å²) in [4.78, 5) is 12.7. The average molecular weight is 400 g/mol. The molecule has 0 N–H and O–H groups in total. The molecule has 0 spiro atoms. The summed E-state index contributed by atoms with van der Waals surface area (Å²) in [6.07, 6.45) is 0. The third kappa shape index (κ3) is 3.48. The highest BCUT2D eigenvalue weighted by Crippen LogP contribution is 2.31. The van der Waals surface area contributed by atoms with E-state index in [0.29, 0.717) is 11.1 Å². The Bertz CT molecular complexity index is 1610. The van der Waals surface area contributed by atoms with E-state index >= 15 is 0 Å². The molecule has 0 amide bonds. The molecule has 0 radical (unpaired) electrons. The highest BCUT2D eigenvalue weighted by atomic mass is 35.5. The van der Waals surface area contributed by atoms with Gasteiger partial charge in [0, 0.05) is 11.1 Å². The van der Waals surface area contributed by atoms with Crippen molar-refractivity contribution in [2.75, 3.05) is 0 Å². The van der Waals surface area contributed by atoms with Crippen LogP contribution in [-0.2, 0) is 0 Å². The van der Waals surface area contributed by atoms with Gasteiger partial charge in [-0.2, -0.15) is 9.97 Å². The monoisotopic (exact) mass is 399 g/mol. The van der Waals surface area contributed by atoms with E-state index in [1.807, 2.05) is 18.2 Å². The second-order valence-electron chi connectivity index (χ2n) is 6.23. The van der Waals surface area contributed by atoms with Crippen LogP contribution < -0.4 is 0 Å². The predicted octanol–water partition coefficient (Wildman–Crippen LogP) is 6.68. The molecule has 0 unspecified atom stereocenters. The second-order valence-corrected chi connectivity index (χ2v) is 6.57. The highest BCUT2D eigenvalue weighted by Gasteiger charge is 2.11. The molecule has 0 fully saturated rings. The number of hydrogen-bond acceptors (Lipinski definition) is 3. The van der Waals surface area contributed by atoms with Crippen molar-refractivity contribution in [1.82, 2.24) is 15.0 Å². The van der Waals surface area contributed by atoms with Gasteiger partial charge < -0.3 is 0 Å². The molecule has 3 nitrogen and oxygen atoms in total. The van der Waals surface area contributed by atoms with E-state index in [-0.39, 0.29) is 75.1 Å². The summed E-state index contributed by atoms with van der Waals surface area (Å²) in [5.74, 6) is 0.168. The Morgan fingerprint density at radius 3 is 2.03 bits per heavy atom. The van der Waals surface area contributed by atoms with Crippen LogP contribution in [0.3, 0.4) is 0 Å². The molecule has 0 atom stereocenters. The Kier molecular flexibility index (Phi) is 3.11. The zero-order chi connectivity index (χ0) is 24.9. The first-order valence-corrected chi connectivity index (χ1v) is 9.23. The van der Waals surface area contributed by atoms with Crippen LogP contribution in [0.2, 0.25) is 5.28 Å². The van der Waals surface area contributed by atoms with Gasteiger partial charge in [0.1, 0.15) is 0 Å². The van der Waals surface area contributed by atoms with Crippen LogP contribution in [0, 0.1) is 0 Å². The van der Waals surface area contributed by atoms with Gasteiger partial charge in [0.2, 0.25) is 5.28 Å². The molecule has 0 bridgehead atoms.